The molecule has 3 aromatic rings. The molecule has 0 aliphatic rings. The molecule has 13 nitrogen and oxygen atoms in total. The van der Waals surface area contributed by atoms with Crippen LogP contribution in [0.4, 0.5) is 21.2 Å². The van der Waals surface area contributed by atoms with Gasteiger partial charge in [-0.1, -0.05) is 0 Å². The Balaban J connectivity index is 1.76. The topological polar surface area (TPSA) is 189 Å². The number of hydrogen-bond donors (Lipinski definition) is 3. The highest BCUT2D eigenvalue weighted by molar-refractivity contribution is 7.18. The molecule has 0 aliphatic heterocycles. The van der Waals surface area contributed by atoms with Crippen molar-refractivity contribution in [2.45, 2.75) is 72.0 Å². The van der Waals surface area contributed by atoms with E-state index < -0.39 is 48.7 Å². The van der Waals surface area contributed by atoms with E-state index in [0.29, 0.717) is 17.8 Å². The summed E-state index contributed by atoms with van der Waals surface area (Å²) in [5.41, 5.74) is 13.5. The number of esters is 2. The largest absolute Gasteiger partial charge is 0.461 e. The van der Waals surface area contributed by atoms with Crippen molar-refractivity contribution < 1.29 is 28.2 Å². The Morgan fingerprint density at radius 2 is 1.73 bits per heavy atom. The SMILES string of the molecule is Cc1cc(C(=O)N[C@@H](C[C@@H](F)C(=O)OC(C)C)C(=O)OC(C)C)sc1N(C)Cc1cnc2nc(N)nc(N)c2n1. The van der Waals surface area contributed by atoms with Crippen LogP contribution >= 0.6 is 11.3 Å². The van der Waals surface area contributed by atoms with Crippen LogP contribution in [0, 0.1) is 6.92 Å². The van der Waals surface area contributed by atoms with Gasteiger partial charge in [-0.05, 0) is 46.2 Å². The number of halogens is 1. The maximum Gasteiger partial charge on any atom is 0.341 e. The van der Waals surface area contributed by atoms with Crippen molar-refractivity contribution in [3.63, 3.8) is 0 Å². The number of hydrogen-bond acceptors (Lipinski definition) is 13. The first-order valence-corrected chi connectivity index (χ1v) is 13.3. The molecule has 3 aromatic heterocycles. The zero-order valence-corrected chi connectivity index (χ0v) is 23.9. The van der Waals surface area contributed by atoms with Gasteiger partial charge in [-0.25, -0.2) is 23.9 Å². The number of nitrogens with two attached hydrogens (primary N) is 2. The van der Waals surface area contributed by atoms with Crippen molar-refractivity contribution in [3.05, 3.63) is 28.4 Å². The van der Waals surface area contributed by atoms with E-state index in [1.165, 1.54) is 11.3 Å². The molecule has 40 heavy (non-hydrogen) atoms. The normalized spacial score (nSPS) is 12.8. The van der Waals surface area contributed by atoms with E-state index in [1.54, 1.807) is 40.0 Å². The highest BCUT2D eigenvalue weighted by Crippen LogP contribution is 2.31. The molecule has 3 heterocycles. The van der Waals surface area contributed by atoms with Gasteiger partial charge in [-0.2, -0.15) is 9.97 Å². The summed E-state index contributed by atoms with van der Waals surface area (Å²) in [6.45, 7) is 8.55. The third-order valence-corrected chi connectivity index (χ3v) is 6.70. The molecule has 0 saturated carbocycles. The molecule has 15 heteroatoms. The number of amides is 1. The Hall–Kier alpha value is -4.14. The molecule has 216 valence electrons. The highest BCUT2D eigenvalue weighted by Gasteiger charge is 2.32. The number of aryl methyl sites for hydroxylation is 1. The molecular weight excluding hydrogens is 543 g/mol. The number of fused-ring (bicyclic) bond motifs is 1. The van der Waals surface area contributed by atoms with Gasteiger partial charge in [0, 0.05) is 13.5 Å². The molecule has 0 fully saturated rings. The van der Waals surface area contributed by atoms with Crippen LogP contribution in [0.5, 0.6) is 0 Å². The molecule has 0 aromatic carbocycles. The van der Waals surface area contributed by atoms with Gasteiger partial charge in [0.1, 0.15) is 6.04 Å². The lowest BCUT2D eigenvalue weighted by molar-refractivity contribution is -0.155. The minimum atomic E-state index is -2.13. The smallest absolute Gasteiger partial charge is 0.341 e. The van der Waals surface area contributed by atoms with Crippen LogP contribution in [0.1, 0.15) is 55.0 Å². The van der Waals surface area contributed by atoms with Crippen LogP contribution < -0.4 is 21.7 Å². The number of nitrogens with one attached hydrogen (secondary N) is 1. The van der Waals surface area contributed by atoms with E-state index in [9.17, 15) is 18.8 Å². The van der Waals surface area contributed by atoms with Gasteiger partial charge in [0.2, 0.25) is 5.95 Å². The molecule has 0 unspecified atom stereocenters. The van der Waals surface area contributed by atoms with Gasteiger partial charge in [0.15, 0.2) is 23.2 Å². The number of carbonyl (C=O) groups is 3. The second kappa shape index (κ2) is 12.8. The zero-order chi connectivity index (χ0) is 29.7. The Labute approximate surface area is 234 Å². The number of nitrogen functional groups attached to an aromatic ring is 2. The van der Waals surface area contributed by atoms with Crippen LogP contribution in [0.3, 0.4) is 0 Å². The van der Waals surface area contributed by atoms with E-state index in [-0.39, 0.29) is 22.3 Å². The number of anilines is 3. The molecule has 3 rings (SSSR count). The number of aromatic nitrogens is 4. The van der Waals surface area contributed by atoms with Crippen molar-refractivity contribution in [2.24, 2.45) is 0 Å². The third kappa shape index (κ3) is 7.71. The average Bonchev–Trinajstić information content (AvgIpc) is 3.24. The van der Waals surface area contributed by atoms with E-state index in [0.717, 1.165) is 10.6 Å². The number of ether oxygens (including phenoxy) is 2. The summed E-state index contributed by atoms with van der Waals surface area (Å²) in [5.74, 6) is -2.47. The second-order valence-electron chi connectivity index (χ2n) is 9.66. The lowest BCUT2D eigenvalue weighted by atomic mass is 10.1. The number of nitrogens with zero attached hydrogens (tertiary/aromatic N) is 5. The second-order valence-corrected chi connectivity index (χ2v) is 10.7. The molecule has 5 N–H and O–H groups in total. The predicted molar refractivity (Wildman–Crippen MR) is 148 cm³/mol. The van der Waals surface area contributed by atoms with E-state index in [4.69, 9.17) is 20.9 Å². The maximum absolute atomic E-state index is 14.6. The molecule has 0 radical (unpaired) electrons. The molecule has 0 aliphatic carbocycles. The van der Waals surface area contributed by atoms with Crippen molar-refractivity contribution in [1.82, 2.24) is 25.3 Å². The van der Waals surface area contributed by atoms with Gasteiger partial charge in [-0.15, -0.1) is 11.3 Å². The summed E-state index contributed by atoms with van der Waals surface area (Å²) in [7, 11) is 1.81. The Bertz CT molecular complexity index is 1400. The first-order valence-electron chi connectivity index (χ1n) is 12.5. The quantitative estimate of drug-likeness (QED) is 0.283. The van der Waals surface area contributed by atoms with E-state index in [1.807, 2.05) is 18.9 Å². The molecule has 2 atom stereocenters. The lowest BCUT2D eigenvalue weighted by Crippen LogP contribution is -2.45. The molecular formula is C25H33FN8O5S. The van der Waals surface area contributed by atoms with Crippen LogP contribution in [-0.4, -0.2) is 69.3 Å². The first kappa shape index (κ1) is 30.4. The van der Waals surface area contributed by atoms with Gasteiger partial charge < -0.3 is 31.2 Å². The van der Waals surface area contributed by atoms with Crippen LogP contribution in [-0.2, 0) is 25.6 Å². The van der Waals surface area contributed by atoms with Crippen molar-refractivity contribution in [1.29, 1.82) is 0 Å². The summed E-state index contributed by atoms with van der Waals surface area (Å²) >= 11 is 1.17. The van der Waals surface area contributed by atoms with Gasteiger partial charge in [0.25, 0.3) is 5.91 Å². The van der Waals surface area contributed by atoms with Crippen molar-refractivity contribution in [2.75, 3.05) is 23.4 Å². The Morgan fingerprint density at radius 3 is 2.38 bits per heavy atom. The zero-order valence-electron chi connectivity index (χ0n) is 23.1. The van der Waals surface area contributed by atoms with Gasteiger partial charge in [-0.3, -0.25) is 4.79 Å². The predicted octanol–water partition coefficient (Wildman–Crippen LogP) is 2.32. The fourth-order valence-corrected chi connectivity index (χ4v) is 4.74. The number of thiophene rings is 1. The molecule has 0 bridgehead atoms. The third-order valence-electron chi connectivity index (χ3n) is 5.35. The average molecular weight is 577 g/mol. The number of rotatable bonds is 11. The fourth-order valence-electron chi connectivity index (χ4n) is 3.70. The summed E-state index contributed by atoms with van der Waals surface area (Å²) < 4.78 is 24.7. The summed E-state index contributed by atoms with van der Waals surface area (Å²) in [6, 6.07) is 0.250. The van der Waals surface area contributed by atoms with Crippen LogP contribution in [0.25, 0.3) is 11.2 Å². The summed E-state index contributed by atoms with van der Waals surface area (Å²) in [5, 5.41) is 3.26. The summed E-state index contributed by atoms with van der Waals surface area (Å²) in [4.78, 5) is 56.5. The standard InChI is InChI=1S/C25H33FN8O5S/c1-11(2)38-23(36)15(26)8-16(24(37)39-12(3)4)31-21(35)17-7-13(5)22(40-17)34(6)10-14-9-29-20-18(30-14)19(27)32-25(28)33-20/h7,9,11-12,15-16H,8,10H2,1-6H3,(H,31,35)(H4,27,28,29,32,33)/t15-,16+/m1/s1. The Kier molecular flexibility index (Phi) is 9.74. The number of alkyl halides is 1. The monoisotopic (exact) mass is 576 g/mol. The lowest BCUT2D eigenvalue weighted by Gasteiger charge is -2.20. The van der Waals surface area contributed by atoms with Crippen LogP contribution in [0.2, 0.25) is 0 Å². The van der Waals surface area contributed by atoms with E-state index in [2.05, 4.69) is 25.3 Å². The maximum atomic E-state index is 14.6. The minimum absolute atomic E-state index is 0.00131. The van der Waals surface area contributed by atoms with Gasteiger partial charge in [0.05, 0.1) is 40.5 Å². The van der Waals surface area contributed by atoms with Gasteiger partial charge >= 0.3 is 11.9 Å². The fraction of sp³-hybridized carbons (Fsp3) is 0.480. The van der Waals surface area contributed by atoms with Crippen molar-refractivity contribution in [3.8, 4) is 0 Å². The minimum Gasteiger partial charge on any atom is -0.461 e. The molecule has 1 amide bonds. The highest BCUT2D eigenvalue weighted by atomic mass is 32.1. The molecule has 0 spiro atoms. The van der Waals surface area contributed by atoms with E-state index >= 15 is 0 Å². The number of carbonyl (C=O) groups excluding carboxylic acids is 3. The molecule has 0 saturated heterocycles. The first-order chi connectivity index (χ1) is 18.7. The van der Waals surface area contributed by atoms with Crippen LogP contribution in [0.15, 0.2) is 12.3 Å². The summed E-state index contributed by atoms with van der Waals surface area (Å²) in [6.07, 6.45) is -2.24. The van der Waals surface area contributed by atoms with Crippen molar-refractivity contribution >= 4 is 57.1 Å². The Morgan fingerprint density at radius 1 is 1.07 bits per heavy atom.